The van der Waals surface area contributed by atoms with E-state index in [0.717, 1.165) is 42.0 Å². The zero-order valence-electron chi connectivity index (χ0n) is 17.9. The fourth-order valence-electron chi connectivity index (χ4n) is 4.03. The van der Waals surface area contributed by atoms with E-state index in [9.17, 15) is 4.79 Å². The number of aromatic nitrogens is 2. The van der Waals surface area contributed by atoms with Crippen molar-refractivity contribution in [3.05, 3.63) is 83.0 Å². The average molecular weight is 444 g/mol. The van der Waals surface area contributed by atoms with Crippen LogP contribution in [0.4, 0.5) is 11.5 Å². The van der Waals surface area contributed by atoms with Gasteiger partial charge < -0.3 is 10.6 Å². The molecule has 0 spiro atoms. The third-order valence-corrected chi connectivity index (χ3v) is 6.77. The van der Waals surface area contributed by atoms with Gasteiger partial charge in [0.1, 0.15) is 17.0 Å². The van der Waals surface area contributed by atoms with E-state index in [2.05, 4.69) is 68.8 Å². The summed E-state index contributed by atoms with van der Waals surface area (Å²) >= 11 is 1.40. The highest BCUT2D eigenvalue weighted by molar-refractivity contribution is 7.20. The number of anilines is 2. The standard InChI is InChI=1S/C25H25N5OS/c1-17-7-9-19(10-8-17)28-23-21-13-22(32-25(21)27-16-26-23)24(31)29-20-11-12-30(15-20)14-18-5-3-2-4-6-18/h2-10,13,16,20H,11-12,14-15H2,1H3,(H,29,31)(H,26,27,28). The number of nitrogens with zero attached hydrogens (tertiary/aromatic N) is 3. The van der Waals surface area contributed by atoms with Crippen LogP contribution in [-0.4, -0.2) is 39.9 Å². The molecule has 1 aliphatic heterocycles. The van der Waals surface area contributed by atoms with Gasteiger partial charge in [-0.25, -0.2) is 9.97 Å². The van der Waals surface area contributed by atoms with Crippen molar-refractivity contribution in [2.24, 2.45) is 0 Å². The molecule has 1 atom stereocenters. The first-order chi connectivity index (χ1) is 15.6. The number of likely N-dealkylation sites (tertiary alicyclic amines) is 1. The van der Waals surface area contributed by atoms with Gasteiger partial charge in [0.25, 0.3) is 5.91 Å². The number of benzene rings is 2. The Kier molecular flexibility index (Phi) is 5.83. The molecule has 32 heavy (non-hydrogen) atoms. The second kappa shape index (κ2) is 9.06. The van der Waals surface area contributed by atoms with Crippen LogP contribution in [0.1, 0.15) is 27.2 Å². The van der Waals surface area contributed by atoms with Gasteiger partial charge in [0.2, 0.25) is 0 Å². The molecule has 0 radical (unpaired) electrons. The van der Waals surface area contributed by atoms with Gasteiger partial charge in [-0.2, -0.15) is 0 Å². The molecule has 5 rings (SSSR count). The number of hydrogen-bond acceptors (Lipinski definition) is 6. The van der Waals surface area contributed by atoms with Crippen LogP contribution in [0.3, 0.4) is 0 Å². The Bertz CT molecular complexity index is 1220. The number of nitrogens with one attached hydrogen (secondary N) is 2. The van der Waals surface area contributed by atoms with Crippen molar-refractivity contribution in [2.75, 3.05) is 18.4 Å². The predicted octanol–water partition coefficient (Wildman–Crippen LogP) is 4.75. The van der Waals surface area contributed by atoms with Crippen molar-refractivity contribution >= 4 is 39.0 Å². The summed E-state index contributed by atoms with van der Waals surface area (Å²) in [5, 5.41) is 7.42. The highest BCUT2D eigenvalue weighted by Crippen LogP contribution is 2.30. The van der Waals surface area contributed by atoms with Crippen molar-refractivity contribution in [1.82, 2.24) is 20.2 Å². The van der Waals surface area contributed by atoms with E-state index in [1.165, 1.54) is 28.8 Å². The third kappa shape index (κ3) is 4.64. The topological polar surface area (TPSA) is 70.1 Å². The van der Waals surface area contributed by atoms with E-state index in [1.54, 1.807) is 0 Å². The third-order valence-electron chi connectivity index (χ3n) is 5.72. The van der Waals surface area contributed by atoms with E-state index in [0.29, 0.717) is 10.7 Å². The molecule has 0 saturated carbocycles. The average Bonchev–Trinajstić information content (AvgIpc) is 3.43. The Morgan fingerprint density at radius 2 is 1.94 bits per heavy atom. The highest BCUT2D eigenvalue weighted by Gasteiger charge is 2.25. The maximum atomic E-state index is 13.0. The van der Waals surface area contributed by atoms with E-state index in [4.69, 9.17) is 0 Å². The minimum atomic E-state index is -0.0409. The zero-order chi connectivity index (χ0) is 21.9. The van der Waals surface area contributed by atoms with Crippen molar-refractivity contribution in [2.45, 2.75) is 25.9 Å². The number of carbonyl (C=O) groups is 1. The summed E-state index contributed by atoms with van der Waals surface area (Å²) in [4.78, 5) is 25.6. The Hall–Kier alpha value is -3.29. The normalized spacial score (nSPS) is 16.3. The summed E-state index contributed by atoms with van der Waals surface area (Å²) in [6.45, 7) is 4.83. The number of fused-ring (bicyclic) bond motifs is 1. The smallest absolute Gasteiger partial charge is 0.261 e. The summed E-state index contributed by atoms with van der Waals surface area (Å²) in [6, 6.07) is 20.6. The summed E-state index contributed by atoms with van der Waals surface area (Å²) in [7, 11) is 0. The Morgan fingerprint density at radius 3 is 2.75 bits per heavy atom. The summed E-state index contributed by atoms with van der Waals surface area (Å²) in [5.74, 6) is 0.671. The second-order valence-electron chi connectivity index (χ2n) is 8.22. The van der Waals surface area contributed by atoms with Gasteiger partial charge in [0.05, 0.1) is 10.3 Å². The minimum Gasteiger partial charge on any atom is -0.347 e. The Morgan fingerprint density at radius 1 is 1.12 bits per heavy atom. The lowest BCUT2D eigenvalue weighted by molar-refractivity contribution is 0.0942. The molecule has 0 bridgehead atoms. The van der Waals surface area contributed by atoms with Crippen LogP contribution in [0.25, 0.3) is 10.2 Å². The molecule has 7 heteroatoms. The molecule has 2 aromatic carbocycles. The largest absolute Gasteiger partial charge is 0.347 e. The van der Waals surface area contributed by atoms with Crippen LogP contribution in [0.15, 0.2) is 67.0 Å². The van der Waals surface area contributed by atoms with E-state index >= 15 is 0 Å². The molecule has 1 unspecified atom stereocenters. The maximum absolute atomic E-state index is 13.0. The first kappa shape index (κ1) is 20.6. The second-order valence-corrected chi connectivity index (χ2v) is 9.25. The Balaban J connectivity index is 1.25. The van der Waals surface area contributed by atoms with Gasteiger partial charge >= 0.3 is 0 Å². The lowest BCUT2D eigenvalue weighted by Crippen LogP contribution is -2.36. The molecule has 1 amide bonds. The van der Waals surface area contributed by atoms with Gasteiger partial charge in [0.15, 0.2) is 0 Å². The predicted molar refractivity (Wildman–Crippen MR) is 129 cm³/mol. The first-order valence-corrected chi connectivity index (χ1v) is 11.6. The van der Waals surface area contributed by atoms with Crippen molar-refractivity contribution in [3.63, 3.8) is 0 Å². The van der Waals surface area contributed by atoms with Crippen LogP contribution in [0, 0.1) is 6.92 Å². The fourth-order valence-corrected chi connectivity index (χ4v) is 4.93. The first-order valence-electron chi connectivity index (χ1n) is 10.8. The number of rotatable bonds is 6. The van der Waals surface area contributed by atoms with Gasteiger partial charge in [-0.05, 0) is 37.1 Å². The molecular weight excluding hydrogens is 418 g/mol. The van der Waals surface area contributed by atoms with Crippen LogP contribution >= 0.6 is 11.3 Å². The van der Waals surface area contributed by atoms with Crippen molar-refractivity contribution in [1.29, 1.82) is 0 Å². The lowest BCUT2D eigenvalue weighted by atomic mass is 10.2. The fraction of sp³-hybridized carbons (Fsp3) is 0.240. The molecule has 6 nitrogen and oxygen atoms in total. The summed E-state index contributed by atoms with van der Waals surface area (Å²) < 4.78 is 0. The number of carbonyl (C=O) groups excluding carboxylic acids is 1. The number of amides is 1. The number of hydrogen-bond donors (Lipinski definition) is 2. The van der Waals surface area contributed by atoms with Crippen molar-refractivity contribution < 1.29 is 4.79 Å². The molecular formula is C25H25N5OS. The quantitative estimate of drug-likeness (QED) is 0.450. The van der Waals surface area contributed by atoms with E-state index in [-0.39, 0.29) is 11.9 Å². The minimum absolute atomic E-state index is 0.0409. The number of aryl methyl sites for hydroxylation is 1. The molecule has 162 valence electrons. The van der Waals surface area contributed by atoms with E-state index in [1.807, 2.05) is 24.3 Å². The molecule has 1 fully saturated rings. The van der Waals surface area contributed by atoms with Crippen LogP contribution < -0.4 is 10.6 Å². The molecule has 0 aliphatic carbocycles. The van der Waals surface area contributed by atoms with Crippen LogP contribution in [0.2, 0.25) is 0 Å². The maximum Gasteiger partial charge on any atom is 0.261 e. The lowest BCUT2D eigenvalue weighted by Gasteiger charge is -2.16. The van der Waals surface area contributed by atoms with Gasteiger partial charge in [0, 0.05) is 31.4 Å². The zero-order valence-corrected chi connectivity index (χ0v) is 18.7. The summed E-state index contributed by atoms with van der Waals surface area (Å²) in [6.07, 6.45) is 2.50. The Labute approximate surface area is 191 Å². The molecule has 4 aromatic rings. The highest BCUT2D eigenvalue weighted by atomic mass is 32.1. The molecule has 2 N–H and O–H groups in total. The molecule has 1 saturated heterocycles. The SMILES string of the molecule is Cc1ccc(Nc2ncnc3sc(C(=O)NC4CCN(Cc5ccccc5)C4)cc23)cc1. The van der Waals surface area contributed by atoms with Gasteiger partial charge in [-0.15, -0.1) is 11.3 Å². The van der Waals surface area contributed by atoms with Gasteiger partial charge in [-0.1, -0.05) is 48.0 Å². The summed E-state index contributed by atoms with van der Waals surface area (Å²) in [5.41, 5.74) is 3.46. The number of thiophene rings is 1. The monoisotopic (exact) mass is 443 g/mol. The van der Waals surface area contributed by atoms with Gasteiger partial charge in [-0.3, -0.25) is 9.69 Å². The van der Waals surface area contributed by atoms with Crippen LogP contribution in [-0.2, 0) is 6.54 Å². The van der Waals surface area contributed by atoms with Crippen molar-refractivity contribution in [3.8, 4) is 0 Å². The molecule has 3 heterocycles. The molecule has 2 aromatic heterocycles. The van der Waals surface area contributed by atoms with E-state index < -0.39 is 0 Å². The van der Waals surface area contributed by atoms with Crippen LogP contribution in [0.5, 0.6) is 0 Å². The molecule has 1 aliphatic rings.